The Hall–Kier alpha value is -4.01. The van der Waals surface area contributed by atoms with Gasteiger partial charge in [0.05, 0.1) is 25.0 Å². The molecule has 1 aliphatic rings. The van der Waals surface area contributed by atoms with E-state index in [9.17, 15) is 4.79 Å². The highest BCUT2D eigenvalue weighted by atomic mass is 16.5. The van der Waals surface area contributed by atoms with Gasteiger partial charge >= 0.3 is 0 Å². The quantitative estimate of drug-likeness (QED) is 0.533. The number of para-hydroxylation sites is 1. The molecular weight excluding hydrogens is 382 g/mol. The number of aromatic nitrogens is 6. The second-order valence-electron chi connectivity index (χ2n) is 7.04. The minimum absolute atomic E-state index is 0.203. The molecule has 0 aliphatic heterocycles. The zero-order chi connectivity index (χ0) is 20.5. The smallest absolute Gasteiger partial charge is 0.280 e. The van der Waals surface area contributed by atoms with Crippen molar-refractivity contribution < 1.29 is 9.53 Å². The topological polar surface area (TPSA) is 99.8 Å². The number of tetrazole rings is 1. The van der Waals surface area contributed by atoms with E-state index < -0.39 is 0 Å². The van der Waals surface area contributed by atoms with Gasteiger partial charge in [0.25, 0.3) is 5.91 Å². The number of nitrogens with zero attached hydrogens (tertiary/aromatic N) is 6. The van der Waals surface area contributed by atoms with Crippen molar-refractivity contribution in [3.05, 3.63) is 66.5 Å². The molecule has 1 fully saturated rings. The van der Waals surface area contributed by atoms with Crippen LogP contribution < -0.4 is 10.1 Å². The van der Waals surface area contributed by atoms with Crippen molar-refractivity contribution in [2.75, 3.05) is 12.4 Å². The monoisotopic (exact) mass is 401 g/mol. The van der Waals surface area contributed by atoms with Crippen molar-refractivity contribution in [2.24, 2.45) is 0 Å². The van der Waals surface area contributed by atoms with E-state index in [4.69, 9.17) is 4.74 Å². The minimum atomic E-state index is -0.361. The largest absolute Gasteiger partial charge is 0.493 e. The van der Waals surface area contributed by atoms with Gasteiger partial charge in [-0.25, -0.2) is 9.36 Å². The van der Waals surface area contributed by atoms with Crippen molar-refractivity contribution in [1.29, 1.82) is 0 Å². The second-order valence-corrected chi connectivity index (χ2v) is 7.04. The maximum atomic E-state index is 12.9. The van der Waals surface area contributed by atoms with Crippen LogP contribution in [-0.4, -0.2) is 43.0 Å². The van der Waals surface area contributed by atoms with E-state index in [1.165, 1.54) is 7.11 Å². The summed E-state index contributed by atoms with van der Waals surface area (Å²) in [6, 6.07) is 17.3. The van der Waals surface area contributed by atoms with E-state index in [-0.39, 0.29) is 11.6 Å². The molecule has 9 heteroatoms. The van der Waals surface area contributed by atoms with E-state index in [1.807, 2.05) is 59.3 Å². The lowest BCUT2D eigenvalue weighted by Gasteiger charge is -2.07. The predicted molar refractivity (Wildman–Crippen MR) is 110 cm³/mol. The van der Waals surface area contributed by atoms with E-state index in [0.717, 1.165) is 24.1 Å². The second kappa shape index (κ2) is 7.43. The maximum Gasteiger partial charge on any atom is 0.280 e. The number of anilines is 1. The van der Waals surface area contributed by atoms with E-state index in [2.05, 4.69) is 25.9 Å². The molecule has 2 heterocycles. The van der Waals surface area contributed by atoms with Gasteiger partial charge in [-0.15, -0.1) is 5.10 Å². The molecule has 1 N–H and O–H groups in total. The molecule has 1 saturated carbocycles. The number of hydrogen-bond donors (Lipinski definition) is 1. The van der Waals surface area contributed by atoms with Crippen molar-refractivity contribution >= 4 is 11.6 Å². The summed E-state index contributed by atoms with van der Waals surface area (Å²) in [5.41, 5.74) is 2.50. The molecule has 0 saturated heterocycles. The number of hydrogen-bond acceptors (Lipinski definition) is 6. The highest BCUT2D eigenvalue weighted by Gasteiger charge is 2.28. The molecule has 5 rings (SSSR count). The molecule has 0 unspecified atom stereocenters. The Bertz CT molecular complexity index is 1200. The third-order valence-corrected chi connectivity index (χ3v) is 4.90. The van der Waals surface area contributed by atoms with Crippen LogP contribution in [0.15, 0.2) is 60.8 Å². The van der Waals surface area contributed by atoms with Crippen molar-refractivity contribution in [2.45, 2.75) is 18.9 Å². The van der Waals surface area contributed by atoms with Gasteiger partial charge in [-0.2, -0.15) is 5.10 Å². The fraction of sp³-hybridized carbons (Fsp3) is 0.190. The number of carbonyl (C=O) groups excluding carboxylic acids is 1. The summed E-state index contributed by atoms with van der Waals surface area (Å²) in [4.78, 5) is 12.9. The van der Waals surface area contributed by atoms with Crippen molar-refractivity contribution in [3.8, 4) is 22.8 Å². The minimum Gasteiger partial charge on any atom is -0.493 e. The van der Waals surface area contributed by atoms with E-state index >= 15 is 0 Å². The van der Waals surface area contributed by atoms with Gasteiger partial charge < -0.3 is 10.1 Å². The zero-order valence-corrected chi connectivity index (χ0v) is 16.3. The first-order valence-electron chi connectivity index (χ1n) is 9.61. The van der Waals surface area contributed by atoms with Crippen LogP contribution in [-0.2, 0) is 0 Å². The fourth-order valence-electron chi connectivity index (χ4n) is 3.25. The van der Waals surface area contributed by atoms with Crippen LogP contribution in [0.4, 0.5) is 5.69 Å². The van der Waals surface area contributed by atoms with Gasteiger partial charge in [-0.3, -0.25) is 4.79 Å². The summed E-state index contributed by atoms with van der Waals surface area (Å²) in [6.07, 6.45) is 3.85. The van der Waals surface area contributed by atoms with Crippen LogP contribution in [0.1, 0.15) is 29.4 Å². The van der Waals surface area contributed by atoms with Gasteiger partial charge in [0.15, 0.2) is 17.3 Å². The lowest BCUT2D eigenvalue weighted by atomic mass is 10.2. The first kappa shape index (κ1) is 18.0. The molecule has 1 aliphatic carbocycles. The first-order valence-corrected chi connectivity index (χ1v) is 9.61. The third kappa shape index (κ3) is 3.41. The highest BCUT2D eigenvalue weighted by Crippen LogP contribution is 2.36. The Balaban J connectivity index is 1.41. The average molecular weight is 401 g/mol. The lowest BCUT2D eigenvalue weighted by molar-refractivity contribution is 0.101. The Kier molecular flexibility index (Phi) is 4.47. The van der Waals surface area contributed by atoms with Crippen LogP contribution in [0, 0.1) is 0 Å². The van der Waals surface area contributed by atoms with Crippen LogP contribution in [0.25, 0.3) is 17.1 Å². The molecule has 0 radical (unpaired) electrons. The lowest BCUT2D eigenvalue weighted by Crippen LogP contribution is -2.14. The number of rotatable bonds is 6. The van der Waals surface area contributed by atoms with Gasteiger partial charge in [-0.1, -0.05) is 30.3 Å². The number of carbonyl (C=O) groups is 1. The molecule has 4 aromatic rings. The maximum absolute atomic E-state index is 12.9. The van der Waals surface area contributed by atoms with Gasteiger partial charge in [-0.05, 0) is 47.5 Å². The predicted octanol–water partition coefficient (Wildman–Crippen LogP) is 3.12. The van der Waals surface area contributed by atoms with Crippen LogP contribution in [0.5, 0.6) is 5.75 Å². The molecule has 2 aromatic heterocycles. The summed E-state index contributed by atoms with van der Waals surface area (Å²) < 4.78 is 8.82. The number of methoxy groups -OCH3 is 1. The number of benzene rings is 2. The normalized spacial score (nSPS) is 13.2. The number of amides is 1. The van der Waals surface area contributed by atoms with E-state index in [0.29, 0.717) is 23.3 Å². The molecule has 1 amide bonds. The summed E-state index contributed by atoms with van der Waals surface area (Å²) in [5, 5.41) is 19.3. The van der Waals surface area contributed by atoms with Crippen molar-refractivity contribution in [3.63, 3.8) is 0 Å². The van der Waals surface area contributed by atoms with Crippen LogP contribution >= 0.6 is 0 Å². The molecule has 0 spiro atoms. The number of ether oxygens (including phenoxy) is 1. The molecular formula is C21H19N7O2. The number of nitrogens with one attached hydrogen (secondary N) is 1. The Morgan fingerprint density at radius 1 is 1.13 bits per heavy atom. The molecule has 0 atom stereocenters. The van der Waals surface area contributed by atoms with Gasteiger partial charge in [0.1, 0.15) is 0 Å². The molecule has 2 aromatic carbocycles. The van der Waals surface area contributed by atoms with E-state index in [1.54, 1.807) is 10.9 Å². The molecule has 30 heavy (non-hydrogen) atoms. The first-order chi connectivity index (χ1) is 14.7. The van der Waals surface area contributed by atoms with Crippen molar-refractivity contribution in [1.82, 2.24) is 30.0 Å². The highest BCUT2D eigenvalue weighted by molar-refractivity contribution is 6.05. The molecule has 0 bridgehead atoms. The Morgan fingerprint density at radius 2 is 1.97 bits per heavy atom. The summed E-state index contributed by atoms with van der Waals surface area (Å²) >= 11 is 0. The Morgan fingerprint density at radius 3 is 2.73 bits per heavy atom. The SMILES string of the molecule is COc1cn(-c2ccccc2)nc1C(=O)Nc1cccc(-c2nnnn2C2CC2)c1. The zero-order valence-electron chi connectivity index (χ0n) is 16.3. The average Bonchev–Trinajstić information content (AvgIpc) is 3.34. The summed E-state index contributed by atoms with van der Waals surface area (Å²) in [7, 11) is 1.52. The summed E-state index contributed by atoms with van der Waals surface area (Å²) in [5.74, 6) is 0.727. The van der Waals surface area contributed by atoms with Gasteiger partial charge in [0, 0.05) is 11.3 Å². The summed E-state index contributed by atoms with van der Waals surface area (Å²) in [6.45, 7) is 0. The van der Waals surface area contributed by atoms with Crippen LogP contribution in [0.3, 0.4) is 0 Å². The van der Waals surface area contributed by atoms with Crippen LogP contribution in [0.2, 0.25) is 0 Å². The molecule has 9 nitrogen and oxygen atoms in total. The van der Waals surface area contributed by atoms with Gasteiger partial charge in [0.2, 0.25) is 0 Å². The standard InChI is InChI=1S/C21H19N7O2/c1-30-18-13-27(16-8-3-2-4-9-16)24-19(18)21(29)22-15-7-5-6-14(12-15)20-23-25-26-28(20)17-10-11-17/h2-9,12-13,17H,10-11H2,1H3,(H,22,29). The molecule has 150 valence electrons. The third-order valence-electron chi connectivity index (χ3n) is 4.90. The Labute approximate surface area is 172 Å². The fourth-order valence-corrected chi connectivity index (χ4v) is 3.25.